The van der Waals surface area contributed by atoms with E-state index in [9.17, 15) is 53.4 Å². The van der Waals surface area contributed by atoms with Crippen molar-refractivity contribution >= 4 is 82.0 Å². The van der Waals surface area contributed by atoms with Crippen LogP contribution in [0.25, 0.3) is 17.0 Å². The topological polar surface area (TPSA) is 297 Å². The molecule has 3 aliphatic heterocycles. The first-order valence-corrected chi connectivity index (χ1v) is 21.2. The normalized spacial score (nSPS) is 26.8. The Labute approximate surface area is 355 Å². The quantitative estimate of drug-likeness (QED) is 0.171. The number of carbonyl (C=O) groups excluding carboxylic acids is 8. The third-order valence-corrected chi connectivity index (χ3v) is 12.3. The van der Waals surface area contributed by atoms with Crippen LogP contribution >= 0.6 is 11.8 Å². The summed E-state index contributed by atoms with van der Waals surface area (Å²) in [5.41, 5.74) is 0.865. The number of phenolic OH excluding ortho intramolecular Hbond substituents is 1. The summed E-state index contributed by atoms with van der Waals surface area (Å²) in [6, 6.07) is -3.66. The van der Waals surface area contributed by atoms with E-state index >= 15 is 0 Å². The molecule has 4 heterocycles. The fourth-order valence-electron chi connectivity index (χ4n) is 7.28. The fourth-order valence-corrected chi connectivity index (χ4v) is 8.36. The summed E-state index contributed by atoms with van der Waals surface area (Å²) in [5.74, 6) is -9.10. The minimum Gasteiger partial charge on any atom is -0.508 e. The number of hydrogen-bond donors (Lipinski definition) is 10. The summed E-state index contributed by atoms with van der Waals surface area (Å²) >= 11 is 1.02. The van der Waals surface area contributed by atoms with Crippen LogP contribution in [0.3, 0.4) is 0 Å². The predicted molar refractivity (Wildman–Crippen MR) is 221 cm³/mol. The number of thioether (sulfide) groups is 1. The van der Waals surface area contributed by atoms with Crippen molar-refractivity contribution in [1.29, 1.82) is 0 Å². The first-order chi connectivity index (χ1) is 29.0. The number of rotatable bonds is 6. The molecule has 1 aromatic carbocycles. The van der Waals surface area contributed by atoms with Crippen molar-refractivity contribution in [2.24, 2.45) is 11.8 Å². The molecule has 61 heavy (non-hydrogen) atoms. The highest BCUT2D eigenvalue weighted by molar-refractivity contribution is 7.99. The van der Waals surface area contributed by atoms with Gasteiger partial charge in [-0.05, 0) is 36.8 Å². The molecule has 0 spiro atoms. The lowest BCUT2D eigenvalue weighted by atomic mass is 9.97. The molecule has 0 radical (unpaired) electrons. The number of hydrogen-bond acceptors (Lipinski definition) is 11. The van der Waals surface area contributed by atoms with Crippen molar-refractivity contribution in [3.05, 3.63) is 29.8 Å². The SMILES string of the molecule is CC[C@H](C)[C@@H]1NC(=O)CNC(=O)[C@@H]2/C=C\c3c([nH]c4cc(O)ccc34)SC[C@H](NC(=O)CNC1=O)C(=O)N[C@@H](CC(=O)O)C(=O)N1CCC[C@H]1C(=O)N[C@@H]([C@@H](C)CC)C(=O)N2. The second-order valence-corrected chi connectivity index (χ2v) is 16.5. The van der Waals surface area contributed by atoms with E-state index in [1.54, 1.807) is 33.8 Å². The molecule has 5 rings (SSSR count). The van der Waals surface area contributed by atoms with Crippen LogP contribution in [-0.4, -0.2) is 135 Å². The van der Waals surface area contributed by atoms with Gasteiger partial charge in [-0.1, -0.05) is 52.7 Å². The van der Waals surface area contributed by atoms with Gasteiger partial charge in [0, 0.05) is 29.3 Å². The molecule has 0 aliphatic carbocycles. The highest BCUT2D eigenvalue weighted by atomic mass is 32.2. The van der Waals surface area contributed by atoms with E-state index < -0.39 is 121 Å². The number of fused-ring (bicyclic) bond motifs is 5. The molecular weight excluding hydrogens is 815 g/mol. The van der Waals surface area contributed by atoms with Crippen LogP contribution in [0.5, 0.6) is 5.75 Å². The average Bonchev–Trinajstić information content (AvgIpc) is 3.85. The first kappa shape index (κ1) is 46.0. The molecule has 2 aromatic rings. The number of benzene rings is 1. The Kier molecular flexibility index (Phi) is 15.4. The third-order valence-electron chi connectivity index (χ3n) is 11.2. The van der Waals surface area contributed by atoms with Crippen LogP contribution in [0.2, 0.25) is 0 Å². The zero-order valence-corrected chi connectivity index (χ0v) is 35.1. The number of aromatic hydroxyl groups is 1. The van der Waals surface area contributed by atoms with Gasteiger partial charge in [-0.3, -0.25) is 43.2 Å². The van der Waals surface area contributed by atoms with Gasteiger partial charge in [-0.2, -0.15) is 0 Å². The number of aliphatic carboxylic acids is 1. The van der Waals surface area contributed by atoms with E-state index in [4.69, 9.17) is 0 Å². The molecular formula is C40H53N9O11S. The van der Waals surface area contributed by atoms with Crippen molar-refractivity contribution < 1.29 is 53.4 Å². The van der Waals surface area contributed by atoms with E-state index in [0.717, 1.165) is 16.7 Å². The van der Waals surface area contributed by atoms with Gasteiger partial charge in [0.25, 0.3) is 0 Å². The largest absolute Gasteiger partial charge is 0.508 e. The van der Waals surface area contributed by atoms with Gasteiger partial charge in [0.05, 0.1) is 30.1 Å². The molecule has 1 fully saturated rings. The number of carboxylic acids is 1. The van der Waals surface area contributed by atoms with E-state index in [1.165, 1.54) is 24.3 Å². The van der Waals surface area contributed by atoms with Crippen LogP contribution in [-0.2, 0) is 43.2 Å². The van der Waals surface area contributed by atoms with Crippen molar-refractivity contribution in [2.75, 3.05) is 25.4 Å². The Morgan fingerprint density at radius 3 is 2.15 bits per heavy atom. The summed E-state index contributed by atoms with van der Waals surface area (Å²) in [4.78, 5) is 127. The molecule has 330 valence electrons. The van der Waals surface area contributed by atoms with E-state index in [-0.39, 0.29) is 24.5 Å². The molecule has 2 bridgehead atoms. The van der Waals surface area contributed by atoms with Crippen LogP contribution in [0.1, 0.15) is 65.4 Å². The van der Waals surface area contributed by atoms with Crippen LogP contribution in [0, 0.1) is 11.8 Å². The maximum absolute atomic E-state index is 14.2. The third kappa shape index (κ3) is 11.4. The monoisotopic (exact) mass is 867 g/mol. The first-order valence-electron chi connectivity index (χ1n) is 20.2. The van der Waals surface area contributed by atoms with Crippen molar-refractivity contribution in [3.8, 4) is 5.75 Å². The van der Waals surface area contributed by atoms with Gasteiger partial charge >= 0.3 is 5.97 Å². The highest BCUT2D eigenvalue weighted by Gasteiger charge is 2.41. The highest BCUT2D eigenvalue weighted by Crippen LogP contribution is 2.33. The molecule has 20 nitrogen and oxygen atoms in total. The number of H-pyrrole nitrogens is 1. The zero-order chi connectivity index (χ0) is 44.5. The van der Waals surface area contributed by atoms with Gasteiger partial charge in [-0.25, -0.2) is 0 Å². The van der Waals surface area contributed by atoms with Gasteiger partial charge < -0.3 is 57.3 Å². The lowest BCUT2D eigenvalue weighted by molar-refractivity contribution is -0.146. The standard InChI is InChI=1S/C40H53N9O11S/c1-5-19(3)32-37(58)42-16-29(51)43-27-18-61-39-23(22-10-9-21(50)14-25(22)46-39)11-12-24(34(55)41-17-30(52)47-32)44-38(59)33(20(4)6-2)48-36(57)28-8-7-13-49(28)40(60)26(15-31(53)54)45-35(27)56/h9-12,14,19-20,24,26-28,32-33,46,50H,5-8,13,15-18H2,1-4H3,(H,41,55)(H,42,58)(H,43,51)(H,44,59)(H,45,56)(H,47,52)(H,48,57)(H,53,54)/b12-11-/t19-,20-,24-,26-,27-,28-,32-,33-/m0/s1. The van der Waals surface area contributed by atoms with Gasteiger partial charge in [0.15, 0.2) is 0 Å². The smallest absolute Gasteiger partial charge is 0.305 e. The Bertz CT molecular complexity index is 2090. The number of nitrogens with one attached hydrogen (secondary N) is 8. The Hall–Kier alpha value is -6.12. The number of phenols is 1. The molecule has 3 aliphatic rings. The number of carbonyl (C=O) groups is 9. The summed E-state index contributed by atoms with van der Waals surface area (Å²) < 4.78 is 0. The van der Waals surface area contributed by atoms with Crippen molar-refractivity contribution in [3.63, 3.8) is 0 Å². The van der Waals surface area contributed by atoms with Crippen LogP contribution < -0.4 is 37.2 Å². The maximum Gasteiger partial charge on any atom is 0.305 e. The van der Waals surface area contributed by atoms with Crippen molar-refractivity contribution in [2.45, 2.75) is 101 Å². The van der Waals surface area contributed by atoms with Crippen molar-refractivity contribution in [1.82, 2.24) is 47.1 Å². The summed E-state index contributed by atoms with van der Waals surface area (Å²) in [7, 11) is 0. The Morgan fingerprint density at radius 2 is 1.48 bits per heavy atom. The molecule has 8 atom stereocenters. The number of amides is 8. The Balaban J connectivity index is 1.68. The lowest BCUT2D eigenvalue weighted by Gasteiger charge is -2.31. The zero-order valence-electron chi connectivity index (χ0n) is 34.3. The predicted octanol–water partition coefficient (Wildman–Crippen LogP) is -0.780. The molecule has 0 unspecified atom stereocenters. The molecule has 21 heteroatoms. The second-order valence-electron chi connectivity index (χ2n) is 15.5. The Morgan fingerprint density at radius 1 is 0.820 bits per heavy atom. The number of carboxylic acid groups (broad SMARTS) is 1. The molecule has 1 aromatic heterocycles. The molecule has 1 saturated heterocycles. The van der Waals surface area contributed by atoms with E-state index in [2.05, 4.69) is 42.2 Å². The van der Waals surface area contributed by atoms with Crippen LogP contribution in [0.4, 0.5) is 0 Å². The number of aromatic amines is 1. The van der Waals surface area contributed by atoms with Crippen LogP contribution in [0.15, 0.2) is 29.3 Å². The van der Waals surface area contributed by atoms with Gasteiger partial charge in [0.1, 0.15) is 42.0 Å². The van der Waals surface area contributed by atoms with E-state index in [0.29, 0.717) is 40.8 Å². The van der Waals surface area contributed by atoms with Gasteiger partial charge in [-0.15, -0.1) is 11.8 Å². The van der Waals surface area contributed by atoms with Gasteiger partial charge in [0.2, 0.25) is 47.3 Å². The summed E-state index contributed by atoms with van der Waals surface area (Å²) in [6.45, 7) is 5.78. The number of nitrogens with zero attached hydrogens (tertiary/aromatic N) is 1. The summed E-state index contributed by atoms with van der Waals surface area (Å²) in [6.07, 6.45) is 3.37. The second kappa shape index (κ2) is 20.4. The average molecular weight is 868 g/mol. The summed E-state index contributed by atoms with van der Waals surface area (Å²) in [5, 5.41) is 39.1. The molecule has 8 amide bonds. The lowest BCUT2D eigenvalue weighted by Crippen LogP contribution is -2.60. The molecule has 10 N–H and O–H groups in total. The number of aromatic nitrogens is 1. The minimum atomic E-state index is -1.68. The fraction of sp³-hybridized carbons (Fsp3) is 0.525. The van der Waals surface area contributed by atoms with E-state index in [1.807, 2.05) is 0 Å². The minimum absolute atomic E-state index is 0.0375. The molecule has 0 saturated carbocycles. The maximum atomic E-state index is 14.2.